The van der Waals surface area contributed by atoms with Gasteiger partial charge in [0.2, 0.25) is 5.95 Å². The summed E-state index contributed by atoms with van der Waals surface area (Å²) in [6.45, 7) is 4.85. The predicted molar refractivity (Wildman–Crippen MR) is 101 cm³/mol. The van der Waals surface area contributed by atoms with E-state index in [1.807, 2.05) is 6.92 Å². The van der Waals surface area contributed by atoms with E-state index in [0.717, 1.165) is 0 Å². The summed E-state index contributed by atoms with van der Waals surface area (Å²) < 4.78 is 6.80. The first kappa shape index (κ1) is 18.6. The van der Waals surface area contributed by atoms with E-state index in [2.05, 4.69) is 30.9 Å². The fraction of sp³-hybridized carbons (Fsp3) is 0.412. The summed E-state index contributed by atoms with van der Waals surface area (Å²) in [7, 11) is 1.50. The Bertz CT molecular complexity index is 926. The van der Waals surface area contributed by atoms with Crippen molar-refractivity contribution in [2.75, 3.05) is 24.3 Å². The van der Waals surface area contributed by atoms with Gasteiger partial charge in [0, 0.05) is 25.2 Å². The molecular weight excluding hydrogens is 350 g/mol. The Labute approximate surface area is 156 Å². The number of anilines is 2. The predicted octanol–water partition coefficient (Wildman–Crippen LogP) is 1.36. The van der Waals surface area contributed by atoms with E-state index in [1.165, 1.54) is 7.11 Å². The van der Waals surface area contributed by atoms with Crippen LogP contribution in [0.5, 0.6) is 11.5 Å². The van der Waals surface area contributed by atoms with Crippen LogP contribution in [-0.4, -0.2) is 54.9 Å². The lowest BCUT2D eigenvalue weighted by molar-refractivity contribution is 0.208. The van der Waals surface area contributed by atoms with Crippen molar-refractivity contribution in [1.29, 1.82) is 0 Å². The average Bonchev–Trinajstić information content (AvgIpc) is 3.08. The standard InChI is InChI=1S/C17H23N7O3/c1-4-24-16-13(22-23-24)15(20-17(21-16)19-8-10(2)25)18-9-11-6-5-7-12(27-3)14(11)26/h5-7,10,25-26H,4,8-9H2,1-3H3,(H2,18,19,20,21). The number of aromatic hydroxyl groups is 1. The third-order valence-electron chi connectivity index (χ3n) is 3.97. The lowest BCUT2D eigenvalue weighted by Crippen LogP contribution is -2.17. The number of methoxy groups -OCH3 is 1. The molecule has 0 fully saturated rings. The molecular formula is C17H23N7O3. The number of nitrogens with one attached hydrogen (secondary N) is 2. The number of ether oxygens (including phenoxy) is 1. The first-order valence-corrected chi connectivity index (χ1v) is 8.65. The summed E-state index contributed by atoms with van der Waals surface area (Å²) >= 11 is 0. The van der Waals surface area contributed by atoms with Crippen molar-refractivity contribution in [3.05, 3.63) is 23.8 Å². The second-order valence-corrected chi connectivity index (χ2v) is 6.02. The van der Waals surface area contributed by atoms with Gasteiger partial charge in [0.25, 0.3) is 0 Å². The van der Waals surface area contributed by atoms with Gasteiger partial charge in [-0.25, -0.2) is 4.68 Å². The number of rotatable bonds is 8. The van der Waals surface area contributed by atoms with Gasteiger partial charge in [-0.1, -0.05) is 17.3 Å². The molecule has 2 heterocycles. The summed E-state index contributed by atoms with van der Waals surface area (Å²) in [5.41, 5.74) is 1.77. The van der Waals surface area contributed by atoms with Crippen LogP contribution in [0.4, 0.5) is 11.8 Å². The SMILES string of the molecule is CCn1nnc2c(NCc3cccc(OC)c3O)nc(NCC(C)O)nc21. The molecule has 10 heteroatoms. The highest BCUT2D eigenvalue weighted by Crippen LogP contribution is 2.30. The number of fused-ring (bicyclic) bond motifs is 1. The van der Waals surface area contributed by atoms with Gasteiger partial charge in [-0.2, -0.15) is 9.97 Å². The van der Waals surface area contributed by atoms with Gasteiger partial charge in [-0.15, -0.1) is 5.10 Å². The van der Waals surface area contributed by atoms with Crippen molar-refractivity contribution in [1.82, 2.24) is 25.0 Å². The number of hydrogen-bond acceptors (Lipinski definition) is 9. The highest BCUT2D eigenvalue weighted by atomic mass is 16.5. The van der Waals surface area contributed by atoms with Gasteiger partial charge in [-0.3, -0.25) is 0 Å². The fourth-order valence-corrected chi connectivity index (χ4v) is 2.56. The van der Waals surface area contributed by atoms with Crippen molar-refractivity contribution in [2.24, 2.45) is 0 Å². The van der Waals surface area contributed by atoms with Gasteiger partial charge in [-0.05, 0) is 19.9 Å². The van der Waals surface area contributed by atoms with E-state index in [1.54, 1.807) is 29.8 Å². The topological polar surface area (TPSA) is 130 Å². The van der Waals surface area contributed by atoms with Crippen LogP contribution in [0.2, 0.25) is 0 Å². The molecule has 3 aromatic rings. The highest BCUT2D eigenvalue weighted by molar-refractivity contribution is 5.83. The van der Waals surface area contributed by atoms with Crippen molar-refractivity contribution in [3.63, 3.8) is 0 Å². The minimum absolute atomic E-state index is 0.0717. The third-order valence-corrected chi connectivity index (χ3v) is 3.97. The second-order valence-electron chi connectivity index (χ2n) is 6.02. The van der Waals surface area contributed by atoms with Gasteiger partial charge in [0.1, 0.15) is 0 Å². The number of aliphatic hydroxyl groups is 1. The quantitative estimate of drug-likeness (QED) is 0.462. The zero-order valence-electron chi connectivity index (χ0n) is 15.5. The minimum atomic E-state index is -0.538. The lowest BCUT2D eigenvalue weighted by atomic mass is 10.2. The van der Waals surface area contributed by atoms with Crippen LogP contribution >= 0.6 is 0 Å². The van der Waals surface area contributed by atoms with Crippen molar-refractivity contribution >= 4 is 22.9 Å². The lowest BCUT2D eigenvalue weighted by Gasteiger charge is -2.12. The zero-order valence-corrected chi connectivity index (χ0v) is 15.5. The molecule has 4 N–H and O–H groups in total. The summed E-state index contributed by atoms with van der Waals surface area (Å²) in [4.78, 5) is 8.87. The first-order chi connectivity index (χ1) is 13.0. The zero-order chi connectivity index (χ0) is 19.4. The summed E-state index contributed by atoms with van der Waals surface area (Å²) in [6.07, 6.45) is -0.538. The Morgan fingerprint density at radius 1 is 1.26 bits per heavy atom. The van der Waals surface area contributed by atoms with E-state index in [4.69, 9.17) is 4.74 Å². The van der Waals surface area contributed by atoms with Crippen LogP contribution in [0.1, 0.15) is 19.4 Å². The molecule has 1 aromatic carbocycles. The molecule has 0 spiro atoms. The number of aromatic nitrogens is 5. The fourth-order valence-electron chi connectivity index (χ4n) is 2.56. The van der Waals surface area contributed by atoms with Crippen LogP contribution in [-0.2, 0) is 13.1 Å². The maximum Gasteiger partial charge on any atom is 0.226 e. The molecule has 10 nitrogen and oxygen atoms in total. The van der Waals surface area contributed by atoms with Crippen LogP contribution in [0.15, 0.2) is 18.2 Å². The Morgan fingerprint density at radius 3 is 2.78 bits per heavy atom. The van der Waals surface area contributed by atoms with Crippen LogP contribution in [0, 0.1) is 0 Å². The number of para-hydroxylation sites is 1. The van der Waals surface area contributed by atoms with E-state index >= 15 is 0 Å². The molecule has 0 saturated carbocycles. The molecule has 144 valence electrons. The number of hydrogen-bond donors (Lipinski definition) is 4. The Kier molecular flexibility index (Phi) is 5.55. The molecule has 1 unspecified atom stereocenters. The second kappa shape index (κ2) is 8.04. The van der Waals surface area contributed by atoms with Crippen LogP contribution in [0.3, 0.4) is 0 Å². The van der Waals surface area contributed by atoms with E-state index in [-0.39, 0.29) is 5.75 Å². The molecule has 0 radical (unpaired) electrons. The molecule has 0 bridgehead atoms. The van der Waals surface area contributed by atoms with Crippen molar-refractivity contribution in [2.45, 2.75) is 33.0 Å². The Hall–Kier alpha value is -3.14. The molecule has 0 amide bonds. The minimum Gasteiger partial charge on any atom is -0.504 e. The number of aryl methyl sites for hydroxylation is 1. The molecule has 1 atom stereocenters. The maximum atomic E-state index is 10.3. The van der Waals surface area contributed by atoms with E-state index in [9.17, 15) is 10.2 Å². The van der Waals surface area contributed by atoms with Crippen molar-refractivity contribution < 1.29 is 14.9 Å². The summed E-state index contributed by atoms with van der Waals surface area (Å²) in [6, 6.07) is 5.28. The summed E-state index contributed by atoms with van der Waals surface area (Å²) in [5.74, 6) is 1.31. The number of benzene rings is 1. The molecule has 0 aliphatic carbocycles. The Balaban J connectivity index is 1.91. The van der Waals surface area contributed by atoms with E-state index < -0.39 is 6.10 Å². The first-order valence-electron chi connectivity index (χ1n) is 8.65. The molecule has 0 aliphatic rings. The normalized spacial score (nSPS) is 12.1. The maximum absolute atomic E-state index is 10.3. The van der Waals surface area contributed by atoms with Crippen LogP contribution in [0.25, 0.3) is 11.2 Å². The van der Waals surface area contributed by atoms with E-state index in [0.29, 0.717) is 53.9 Å². The molecule has 2 aromatic heterocycles. The molecule has 0 saturated heterocycles. The smallest absolute Gasteiger partial charge is 0.226 e. The van der Waals surface area contributed by atoms with Gasteiger partial charge in [0.15, 0.2) is 28.5 Å². The third kappa shape index (κ3) is 4.00. The molecule has 0 aliphatic heterocycles. The Morgan fingerprint density at radius 2 is 2.07 bits per heavy atom. The van der Waals surface area contributed by atoms with Gasteiger partial charge in [0.05, 0.1) is 13.2 Å². The molecule has 3 rings (SSSR count). The van der Waals surface area contributed by atoms with Crippen molar-refractivity contribution in [3.8, 4) is 11.5 Å². The average molecular weight is 373 g/mol. The molecule has 27 heavy (non-hydrogen) atoms. The number of aliphatic hydroxyl groups excluding tert-OH is 1. The number of nitrogens with zero attached hydrogens (tertiary/aromatic N) is 5. The highest BCUT2D eigenvalue weighted by Gasteiger charge is 2.15. The monoisotopic (exact) mass is 373 g/mol. The number of phenolic OH excluding ortho intramolecular Hbond substituents is 1. The van der Waals surface area contributed by atoms with Gasteiger partial charge < -0.3 is 25.6 Å². The number of phenols is 1. The summed E-state index contributed by atoms with van der Waals surface area (Å²) in [5, 5.41) is 34.2. The van der Waals surface area contributed by atoms with Gasteiger partial charge >= 0.3 is 0 Å². The van der Waals surface area contributed by atoms with Crippen LogP contribution < -0.4 is 15.4 Å². The largest absolute Gasteiger partial charge is 0.504 e.